The number of carbonyl (C=O) groups is 1. The molecule has 0 aliphatic heterocycles. The fourth-order valence-corrected chi connectivity index (χ4v) is 1.48. The second-order valence-corrected chi connectivity index (χ2v) is 3.52. The van der Waals surface area contributed by atoms with Crippen molar-refractivity contribution in [3.05, 3.63) is 34.3 Å². The van der Waals surface area contributed by atoms with Crippen LogP contribution in [0.2, 0.25) is 0 Å². The van der Waals surface area contributed by atoms with Crippen LogP contribution in [-0.4, -0.2) is 24.6 Å². The molecule has 2 N–H and O–H groups in total. The van der Waals surface area contributed by atoms with Gasteiger partial charge in [-0.2, -0.15) is 0 Å². The Kier molecular flexibility index (Phi) is 3.24. The van der Waals surface area contributed by atoms with Crippen molar-refractivity contribution in [1.82, 2.24) is 10.3 Å². The summed E-state index contributed by atoms with van der Waals surface area (Å²) in [5, 5.41) is 2.92. The monoisotopic (exact) mass is 236 g/mol. The Labute approximate surface area is 96.6 Å². The van der Waals surface area contributed by atoms with Crippen molar-refractivity contribution in [3.63, 3.8) is 0 Å². The van der Waals surface area contributed by atoms with E-state index in [1.165, 1.54) is 7.11 Å². The molecule has 6 nitrogen and oxygen atoms in total. The van der Waals surface area contributed by atoms with Gasteiger partial charge in [0.15, 0.2) is 5.58 Å². The smallest absolute Gasteiger partial charge is 0.417 e. The lowest BCUT2D eigenvalue weighted by atomic mass is 10.2. The molecular weight excluding hydrogens is 224 g/mol. The highest BCUT2D eigenvalue weighted by Crippen LogP contribution is 2.11. The largest absolute Gasteiger partial charge is 0.468 e. The lowest BCUT2D eigenvalue weighted by Crippen LogP contribution is -2.23. The Bertz CT molecular complexity index is 584. The number of fused-ring (bicyclic) bond motifs is 1. The molecule has 1 aromatic heterocycles. The number of benzene rings is 1. The third-order valence-electron chi connectivity index (χ3n) is 2.31. The average Bonchev–Trinajstić information content (AvgIpc) is 2.68. The number of esters is 1. The van der Waals surface area contributed by atoms with Gasteiger partial charge in [-0.25, -0.2) is 4.79 Å². The van der Waals surface area contributed by atoms with E-state index in [9.17, 15) is 9.59 Å². The molecule has 1 aromatic carbocycles. The van der Waals surface area contributed by atoms with E-state index in [2.05, 4.69) is 15.0 Å². The van der Waals surface area contributed by atoms with Gasteiger partial charge in [-0.15, -0.1) is 0 Å². The van der Waals surface area contributed by atoms with Crippen LogP contribution in [0.15, 0.2) is 27.4 Å². The van der Waals surface area contributed by atoms with E-state index in [0.29, 0.717) is 17.6 Å². The molecule has 0 amide bonds. The number of nitrogens with one attached hydrogen (secondary N) is 2. The van der Waals surface area contributed by atoms with Crippen LogP contribution in [-0.2, 0) is 16.1 Å². The molecule has 0 spiro atoms. The third kappa shape index (κ3) is 2.73. The Morgan fingerprint density at radius 2 is 2.35 bits per heavy atom. The summed E-state index contributed by atoms with van der Waals surface area (Å²) in [5.74, 6) is -0.793. The van der Waals surface area contributed by atoms with Crippen LogP contribution in [0, 0.1) is 0 Å². The summed E-state index contributed by atoms with van der Waals surface area (Å²) in [4.78, 5) is 24.4. The van der Waals surface area contributed by atoms with Crippen molar-refractivity contribution in [2.45, 2.75) is 6.54 Å². The van der Waals surface area contributed by atoms with Gasteiger partial charge >= 0.3 is 11.7 Å². The molecule has 6 heteroatoms. The van der Waals surface area contributed by atoms with Crippen LogP contribution >= 0.6 is 0 Å². The number of oxazole rings is 1. The van der Waals surface area contributed by atoms with Crippen LogP contribution in [0.3, 0.4) is 0 Å². The molecule has 0 aliphatic carbocycles. The second-order valence-electron chi connectivity index (χ2n) is 3.52. The predicted octanol–water partition coefficient (Wildman–Crippen LogP) is 0.384. The highest BCUT2D eigenvalue weighted by Gasteiger charge is 2.03. The first-order valence-electron chi connectivity index (χ1n) is 5.08. The summed E-state index contributed by atoms with van der Waals surface area (Å²) in [6.45, 7) is 0.644. The lowest BCUT2D eigenvalue weighted by Gasteiger charge is -2.03. The van der Waals surface area contributed by atoms with Gasteiger partial charge in [-0.3, -0.25) is 9.78 Å². The SMILES string of the molecule is COC(=O)CNCc1ccc2[nH]c(=O)oc2c1. The lowest BCUT2D eigenvalue weighted by molar-refractivity contribution is -0.139. The topological polar surface area (TPSA) is 84.3 Å². The fraction of sp³-hybridized carbons (Fsp3) is 0.273. The quantitative estimate of drug-likeness (QED) is 0.750. The molecule has 0 atom stereocenters. The number of rotatable bonds is 4. The van der Waals surface area contributed by atoms with E-state index >= 15 is 0 Å². The highest BCUT2D eigenvalue weighted by molar-refractivity contribution is 5.73. The molecule has 0 saturated heterocycles. The zero-order chi connectivity index (χ0) is 12.3. The molecule has 0 saturated carbocycles. The standard InChI is InChI=1S/C11H12N2O4/c1-16-10(14)6-12-5-7-2-3-8-9(4-7)17-11(15)13-8/h2-4,12H,5-6H2,1H3,(H,13,15). The maximum absolute atomic E-state index is 10.9. The minimum Gasteiger partial charge on any atom is -0.468 e. The van der Waals surface area contributed by atoms with E-state index < -0.39 is 5.76 Å². The molecule has 17 heavy (non-hydrogen) atoms. The Hall–Kier alpha value is -2.08. The number of methoxy groups -OCH3 is 1. The van der Waals surface area contributed by atoms with Gasteiger partial charge in [0.05, 0.1) is 19.2 Å². The molecule has 1 heterocycles. The first kappa shape index (κ1) is 11.4. The van der Waals surface area contributed by atoms with Crippen LogP contribution in [0.25, 0.3) is 11.1 Å². The number of aromatic amines is 1. The fourth-order valence-electron chi connectivity index (χ4n) is 1.48. The molecule has 2 rings (SSSR count). The van der Waals surface area contributed by atoms with Crippen molar-refractivity contribution in [1.29, 1.82) is 0 Å². The van der Waals surface area contributed by atoms with Crippen molar-refractivity contribution in [2.75, 3.05) is 13.7 Å². The second kappa shape index (κ2) is 4.84. The molecule has 0 bridgehead atoms. The van der Waals surface area contributed by atoms with Crippen LogP contribution in [0.4, 0.5) is 0 Å². The van der Waals surface area contributed by atoms with Crippen LogP contribution in [0.1, 0.15) is 5.56 Å². The maximum Gasteiger partial charge on any atom is 0.417 e. The first-order valence-corrected chi connectivity index (χ1v) is 5.08. The van der Waals surface area contributed by atoms with Crippen LogP contribution < -0.4 is 11.1 Å². The zero-order valence-electron chi connectivity index (χ0n) is 9.28. The van der Waals surface area contributed by atoms with E-state index in [-0.39, 0.29) is 12.5 Å². The van der Waals surface area contributed by atoms with E-state index in [4.69, 9.17) is 4.42 Å². The molecule has 90 valence electrons. The highest BCUT2D eigenvalue weighted by atomic mass is 16.5. The van der Waals surface area contributed by atoms with E-state index in [1.807, 2.05) is 6.07 Å². The van der Waals surface area contributed by atoms with Gasteiger partial charge in [0.1, 0.15) is 0 Å². The number of hydrogen-bond donors (Lipinski definition) is 2. The summed E-state index contributed by atoms with van der Waals surface area (Å²) in [7, 11) is 1.34. The van der Waals surface area contributed by atoms with Crippen molar-refractivity contribution in [3.8, 4) is 0 Å². The molecule has 0 fully saturated rings. The minimum atomic E-state index is -0.473. The van der Waals surface area contributed by atoms with Gasteiger partial charge in [0, 0.05) is 6.54 Å². The summed E-state index contributed by atoms with van der Waals surface area (Å²) >= 11 is 0. The predicted molar refractivity (Wildman–Crippen MR) is 60.6 cm³/mol. The van der Waals surface area contributed by atoms with Gasteiger partial charge in [0.2, 0.25) is 0 Å². The number of carbonyl (C=O) groups excluding carboxylic acids is 1. The molecule has 0 aliphatic rings. The van der Waals surface area contributed by atoms with Crippen LogP contribution in [0.5, 0.6) is 0 Å². The number of hydrogen-bond acceptors (Lipinski definition) is 5. The Morgan fingerprint density at radius 3 is 3.12 bits per heavy atom. The zero-order valence-corrected chi connectivity index (χ0v) is 9.28. The average molecular weight is 236 g/mol. The van der Waals surface area contributed by atoms with Gasteiger partial charge in [-0.1, -0.05) is 6.07 Å². The molecule has 2 aromatic rings. The van der Waals surface area contributed by atoms with Gasteiger partial charge < -0.3 is 14.5 Å². The number of H-pyrrole nitrogens is 1. The number of ether oxygens (including phenoxy) is 1. The van der Waals surface area contributed by atoms with Crippen molar-refractivity contribution >= 4 is 17.1 Å². The first-order chi connectivity index (χ1) is 8.19. The Balaban J connectivity index is 2.04. The van der Waals surface area contributed by atoms with E-state index in [0.717, 1.165) is 5.56 Å². The van der Waals surface area contributed by atoms with Crippen molar-refractivity contribution in [2.24, 2.45) is 0 Å². The minimum absolute atomic E-state index is 0.144. The molecule has 0 radical (unpaired) electrons. The third-order valence-corrected chi connectivity index (χ3v) is 2.31. The summed E-state index contributed by atoms with van der Waals surface area (Å²) in [6.07, 6.45) is 0. The van der Waals surface area contributed by atoms with Crippen molar-refractivity contribution < 1.29 is 13.9 Å². The van der Waals surface area contributed by atoms with E-state index in [1.54, 1.807) is 12.1 Å². The molecule has 0 unspecified atom stereocenters. The Morgan fingerprint density at radius 1 is 1.53 bits per heavy atom. The molecular formula is C11H12N2O4. The summed E-state index contributed by atoms with van der Waals surface area (Å²) < 4.78 is 9.42. The van der Waals surface area contributed by atoms with Gasteiger partial charge in [0.25, 0.3) is 0 Å². The number of aromatic nitrogens is 1. The summed E-state index contributed by atoms with van der Waals surface area (Å²) in [5.41, 5.74) is 2.09. The van der Waals surface area contributed by atoms with Gasteiger partial charge in [-0.05, 0) is 17.7 Å². The normalized spacial score (nSPS) is 10.6. The summed E-state index contributed by atoms with van der Waals surface area (Å²) in [6, 6.07) is 5.35. The maximum atomic E-state index is 10.9.